The molecule has 0 saturated carbocycles. The van der Waals surface area contributed by atoms with Gasteiger partial charge in [-0.1, -0.05) is 17.7 Å². The van der Waals surface area contributed by atoms with Crippen LogP contribution in [0.15, 0.2) is 24.4 Å². The Morgan fingerprint density at radius 2 is 1.96 bits per heavy atom. The monoisotopic (exact) mass is 724 g/mol. The number of anilines is 3. The summed E-state index contributed by atoms with van der Waals surface area (Å²) in [6.07, 6.45) is -5.66. The molecule has 7 rings (SSSR count). The van der Waals surface area contributed by atoms with Crippen LogP contribution in [0, 0.1) is 12.7 Å². The summed E-state index contributed by atoms with van der Waals surface area (Å²) in [6, 6.07) is 2.90. The van der Waals surface area contributed by atoms with Crippen LogP contribution in [0.3, 0.4) is 0 Å². The topological polar surface area (TPSA) is 138 Å². The quantitative estimate of drug-likeness (QED) is 0.221. The van der Waals surface area contributed by atoms with E-state index < -0.39 is 64.1 Å². The summed E-state index contributed by atoms with van der Waals surface area (Å²) in [5, 5.41) is -0.518. The number of ether oxygens (including phenoxy) is 3. The van der Waals surface area contributed by atoms with Crippen LogP contribution in [0.25, 0.3) is 22.2 Å². The molecule has 3 aliphatic rings. The van der Waals surface area contributed by atoms with Gasteiger partial charge < -0.3 is 30.6 Å². The minimum atomic E-state index is -4.96. The van der Waals surface area contributed by atoms with Gasteiger partial charge in [0.1, 0.15) is 36.2 Å². The number of benzene rings is 1. The molecule has 0 radical (unpaired) electrons. The van der Waals surface area contributed by atoms with E-state index in [9.17, 15) is 22.0 Å². The standard InChI is InChI=1S/C32H31ClF6N8O3/c1-14-10-19(40)43-25(22(14)32(37,38)39)20-23(33)27-21-26(24(20)34)44-30(49-11-16-5-6-17-12-50-31(35,36)13-47(16)17)45-29(21)46(8-9-48-27)15(2)18-4-3-7-42-28(18)41/h3-4,7,10,15-17H,5-6,8-9,11-13H2,1-2H3,(H2,40,43)(H2,41,42)/t15-,16+,17+/m1/s1. The minimum Gasteiger partial charge on any atom is -0.489 e. The summed E-state index contributed by atoms with van der Waals surface area (Å²) in [5.41, 5.74) is 9.10. The van der Waals surface area contributed by atoms with Crippen molar-refractivity contribution in [3.8, 4) is 23.0 Å². The number of nitrogen functional groups attached to an aromatic ring is 2. The van der Waals surface area contributed by atoms with E-state index in [2.05, 4.69) is 24.7 Å². The Morgan fingerprint density at radius 1 is 1.18 bits per heavy atom. The summed E-state index contributed by atoms with van der Waals surface area (Å²) >= 11 is 6.75. The lowest BCUT2D eigenvalue weighted by Crippen LogP contribution is -2.53. The van der Waals surface area contributed by atoms with Crippen molar-refractivity contribution in [2.45, 2.75) is 57.1 Å². The lowest BCUT2D eigenvalue weighted by molar-refractivity contribution is -0.281. The maximum Gasteiger partial charge on any atom is 0.418 e. The Labute approximate surface area is 286 Å². The van der Waals surface area contributed by atoms with Crippen molar-refractivity contribution >= 4 is 40.0 Å². The molecule has 266 valence electrons. The lowest BCUT2D eigenvalue weighted by atomic mass is 9.98. The Hall–Kier alpha value is -4.35. The number of rotatable bonds is 6. The fourth-order valence-electron chi connectivity index (χ4n) is 7.05. The molecule has 6 heterocycles. The normalized spacial score (nSPS) is 21.1. The molecule has 1 aromatic carbocycles. The van der Waals surface area contributed by atoms with E-state index in [-0.39, 0.29) is 72.6 Å². The predicted octanol–water partition coefficient (Wildman–Crippen LogP) is 6.17. The second kappa shape index (κ2) is 12.5. The van der Waals surface area contributed by atoms with Gasteiger partial charge in [0.05, 0.1) is 53.0 Å². The number of nitrogens with two attached hydrogens (primary N) is 2. The molecule has 2 saturated heterocycles. The molecule has 0 bridgehead atoms. The van der Waals surface area contributed by atoms with Crippen LogP contribution in [0.2, 0.25) is 5.02 Å². The van der Waals surface area contributed by atoms with E-state index in [1.807, 2.05) is 6.92 Å². The Morgan fingerprint density at radius 3 is 2.70 bits per heavy atom. The largest absolute Gasteiger partial charge is 0.489 e. The number of hydrogen-bond acceptors (Lipinski definition) is 11. The van der Waals surface area contributed by atoms with Crippen molar-refractivity contribution in [1.82, 2.24) is 24.8 Å². The molecule has 3 aromatic heterocycles. The van der Waals surface area contributed by atoms with Crippen molar-refractivity contribution < 1.29 is 40.6 Å². The smallest absolute Gasteiger partial charge is 0.418 e. The third-order valence-electron chi connectivity index (χ3n) is 9.37. The summed E-state index contributed by atoms with van der Waals surface area (Å²) in [7, 11) is 0. The van der Waals surface area contributed by atoms with Gasteiger partial charge in [-0.15, -0.1) is 0 Å². The third-order valence-corrected chi connectivity index (χ3v) is 9.73. The molecule has 11 nitrogen and oxygen atoms in total. The van der Waals surface area contributed by atoms with Crippen LogP contribution in [0.1, 0.15) is 42.5 Å². The molecule has 4 aromatic rings. The predicted molar refractivity (Wildman–Crippen MR) is 172 cm³/mol. The highest BCUT2D eigenvalue weighted by atomic mass is 35.5. The number of alkyl halides is 5. The maximum atomic E-state index is 17.0. The first-order valence-corrected chi connectivity index (χ1v) is 16.1. The van der Waals surface area contributed by atoms with Gasteiger partial charge in [-0.2, -0.15) is 31.9 Å². The highest BCUT2D eigenvalue weighted by molar-refractivity contribution is 6.36. The Balaban J connectivity index is 1.41. The average Bonchev–Trinajstić information content (AvgIpc) is 3.32. The van der Waals surface area contributed by atoms with Crippen molar-refractivity contribution in [2.24, 2.45) is 0 Å². The van der Waals surface area contributed by atoms with Crippen LogP contribution in [0.5, 0.6) is 11.8 Å². The number of aryl methyl sites for hydroxylation is 1. The molecule has 0 spiro atoms. The summed E-state index contributed by atoms with van der Waals surface area (Å²) in [4.78, 5) is 20.4. The number of nitrogens with zero attached hydrogens (tertiary/aromatic N) is 6. The lowest BCUT2D eigenvalue weighted by Gasteiger charge is -2.37. The molecule has 50 heavy (non-hydrogen) atoms. The average molecular weight is 725 g/mol. The van der Waals surface area contributed by atoms with Gasteiger partial charge in [0.25, 0.3) is 0 Å². The van der Waals surface area contributed by atoms with Gasteiger partial charge in [-0.05, 0) is 44.4 Å². The first-order valence-electron chi connectivity index (χ1n) is 15.7. The first-order chi connectivity index (χ1) is 23.6. The Kier molecular flexibility index (Phi) is 8.50. The highest BCUT2D eigenvalue weighted by Crippen LogP contribution is 2.51. The minimum absolute atomic E-state index is 0.0293. The molecular weight excluding hydrogens is 694 g/mol. The van der Waals surface area contributed by atoms with E-state index in [1.54, 1.807) is 21.9 Å². The van der Waals surface area contributed by atoms with Gasteiger partial charge in [-0.3, -0.25) is 4.90 Å². The number of fused-ring (bicyclic) bond motifs is 1. The van der Waals surface area contributed by atoms with Crippen molar-refractivity contribution in [1.29, 1.82) is 0 Å². The van der Waals surface area contributed by atoms with Gasteiger partial charge in [-0.25, -0.2) is 14.4 Å². The summed E-state index contributed by atoms with van der Waals surface area (Å²) in [5.74, 6) is -1.39. The van der Waals surface area contributed by atoms with Gasteiger partial charge in [0.2, 0.25) is 0 Å². The maximum absolute atomic E-state index is 17.0. The van der Waals surface area contributed by atoms with E-state index in [0.717, 1.165) is 6.07 Å². The molecule has 4 N–H and O–H groups in total. The molecule has 0 amide bonds. The van der Waals surface area contributed by atoms with Crippen LogP contribution in [-0.2, 0) is 10.9 Å². The van der Waals surface area contributed by atoms with Crippen LogP contribution < -0.4 is 25.8 Å². The van der Waals surface area contributed by atoms with Crippen molar-refractivity contribution in [3.63, 3.8) is 0 Å². The van der Waals surface area contributed by atoms with Crippen LogP contribution in [-0.4, -0.2) is 75.9 Å². The first kappa shape index (κ1) is 34.1. The number of hydrogen-bond donors (Lipinski definition) is 2. The second-order valence-electron chi connectivity index (χ2n) is 12.5. The van der Waals surface area contributed by atoms with E-state index in [1.165, 1.54) is 13.1 Å². The van der Waals surface area contributed by atoms with Gasteiger partial charge in [0, 0.05) is 23.8 Å². The molecule has 3 atom stereocenters. The zero-order valence-electron chi connectivity index (χ0n) is 26.7. The van der Waals surface area contributed by atoms with E-state index >= 15 is 4.39 Å². The fourth-order valence-corrected chi connectivity index (χ4v) is 7.37. The van der Waals surface area contributed by atoms with Crippen molar-refractivity contribution in [2.75, 3.05) is 49.3 Å². The number of pyridine rings is 2. The molecule has 2 fully saturated rings. The summed E-state index contributed by atoms with van der Waals surface area (Å²) in [6.45, 7) is 2.17. The molecule has 18 heteroatoms. The number of morpholine rings is 1. The number of aromatic nitrogens is 4. The molecular formula is C32H31ClF6N8O3. The zero-order valence-corrected chi connectivity index (χ0v) is 27.5. The molecule has 0 aliphatic carbocycles. The van der Waals surface area contributed by atoms with Crippen LogP contribution in [0.4, 0.5) is 43.8 Å². The second-order valence-corrected chi connectivity index (χ2v) is 12.9. The summed E-state index contributed by atoms with van der Waals surface area (Å²) < 4.78 is 105. The fraction of sp³-hybridized carbons (Fsp3) is 0.438. The van der Waals surface area contributed by atoms with Gasteiger partial charge in [0.15, 0.2) is 11.6 Å². The van der Waals surface area contributed by atoms with E-state index in [0.29, 0.717) is 18.4 Å². The van der Waals surface area contributed by atoms with E-state index in [4.69, 9.17) is 32.5 Å². The Bertz CT molecular complexity index is 1990. The third kappa shape index (κ3) is 5.94. The van der Waals surface area contributed by atoms with Crippen LogP contribution >= 0.6 is 11.6 Å². The zero-order chi connectivity index (χ0) is 35.7. The molecule has 3 aliphatic heterocycles. The highest BCUT2D eigenvalue weighted by Gasteiger charge is 2.47. The molecule has 0 unspecified atom stereocenters. The number of halogens is 7. The SMILES string of the molecule is Cc1cc(N)nc(-c2c(Cl)c3c4c(nc(OC[C@@H]5CC[C@H]6COC(F)(F)CN56)nc4c2F)N([C@H](C)c2cccnc2N)CCO3)c1C(F)(F)F. The van der Waals surface area contributed by atoms with Crippen molar-refractivity contribution in [3.05, 3.63) is 51.9 Å². The van der Waals surface area contributed by atoms with Gasteiger partial charge >= 0.3 is 18.3 Å².